The number of benzene rings is 1. The van der Waals surface area contributed by atoms with Crippen LogP contribution < -0.4 is 10.5 Å². The topological polar surface area (TPSA) is 101 Å². The Labute approximate surface area is 204 Å². The highest BCUT2D eigenvalue weighted by Gasteiger charge is 2.32. The predicted molar refractivity (Wildman–Crippen MR) is 134 cm³/mol. The molecule has 35 heavy (non-hydrogen) atoms. The van der Waals surface area contributed by atoms with Crippen molar-refractivity contribution in [2.75, 3.05) is 31.2 Å². The van der Waals surface area contributed by atoms with E-state index in [1.807, 2.05) is 39.0 Å². The molecule has 1 N–H and O–H groups in total. The number of hydrogen-bond donors (Lipinski definition) is 1. The van der Waals surface area contributed by atoms with Gasteiger partial charge in [-0.05, 0) is 63.8 Å². The standard InChI is InChI=1S/C26H31N5O4/c1-16-15-34-12-11-31(16)24-19-9-10-30(25(33)35-26(2,3)4)14-21(19)28-23(29-24)18-5-7-20-17(13-18)6-8-22(32)27-20/h5-8,13,16H,9-12,14-15H2,1-4H3,(H,27,32). The summed E-state index contributed by atoms with van der Waals surface area (Å²) in [6.45, 7) is 10.7. The highest BCUT2D eigenvalue weighted by Crippen LogP contribution is 2.32. The Morgan fingerprint density at radius 3 is 2.77 bits per heavy atom. The molecule has 2 aliphatic heterocycles. The molecule has 0 radical (unpaired) electrons. The first-order valence-corrected chi connectivity index (χ1v) is 12.0. The van der Waals surface area contributed by atoms with Crippen LogP contribution in [0, 0.1) is 0 Å². The number of fused-ring (bicyclic) bond motifs is 2. The summed E-state index contributed by atoms with van der Waals surface area (Å²) in [5.74, 6) is 1.50. The first-order chi connectivity index (χ1) is 16.7. The molecule has 5 rings (SSSR count). The summed E-state index contributed by atoms with van der Waals surface area (Å²) in [6, 6.07) is 9.26. The molecule has 1 amide bonds. The zero-order valence-corrected chi connectivity index (χ0v) is 20.6. The lowest BCUT2D eigenvalue weighted by atomic mass is 10.0. The van der Waals surface area contributed by atoms with Gasteiger partial charge >= 0.3 is 6.09 Å². The van der Waals surface area contributed by atoms with E-state index in [-0.39, 0.29) is 17.7 Å². The van der Waals surface area contributed by atoms with Gasteiger partial charge in [-0.15, -0.1) is 0 Å². The van der Waals surface area contributed by atoms with E-state index in [1.54, 1.807) is 11.0 Å². The molecule has 1 saturated heterocycles. The van der Waals surface area contributed by atoms with E-state index in [1.165, 1.54) is 6.07 Å². The maximum absolute atomic E-state index is 12.8. The Morgan fingerprint density at radius 2 is 2.00 bits per heavy atom. The molecule has 0 saturated carbocycles. The van der Waals surface area contributed by atoms with Crippen molar-refractivity contribution in [3.63, 3.8) is 0 Å². The number of pyridine rings is 1. The normalized spacial score (nSPS) is 18.5. The van der Waals surface area contributed by atoms with Crippen LogP contribution in [0.4, 0.5) is 10.6 Å². The molecule has 1 aromatic carbocycles. The van der Waals surface area contributed by atoms with Crippen molar-refractivity contribution in [1.82, 2.24) is 19.9 Å². The molecule has 9 nitrogen and oxygen atoms in total. The van der Waals surface area contributed by atoms with Gasteiger partial charge in [-0.25, -0.2) is 14.8 Å². The van der Waals surface area contributed by atoms with E-state index in [2.05, 4.69) is 16.8 Å². The van der Waals surface area contributed by atoms with E-state index in [4.69, 9.17) is 19.4 Å². The average molecular weight is 478 g/mol. The van der Waals surface area contributed by atoms with Gasteiger partial charge in [0.15, 0.2) is 5.82 Å². The molecule has 1 fully saturated rings. The lowest BCUT2D eigenvalue weighted by Gasteiger charge is -2.38. The third-order valence-corrected chi connectivity index (χ3v) is 6.32. The lowest BCUT2D eigenvalue weighted by Crippen LogP contribution is -2.46. The van der Waals surface area contributed by atoms with Crippen molar-refractivity contribution in [3.05, 3.63) is 51.9 Å². The van der Waals surface area contributed by atoms with Gasteiger partial charge in [0.1, 0.15) is 11.4 Å². The number of morpholine rings is 1. The summed E-state index contributed by atoms with van der Waals surface area (Å²) in [6.07, 6.45) is 0.326. The molecule has 4 heterocycles. The largest absolute Gasteiger partial charge is 0.444 e. The van der Waals surface area contributed by atoms with Crippen LogP contribution in [0.1, 0.15) is 39.0 Å². The highest BCUT2D eigenvalue weighted by atomic mass is 16.6. The van der Waals surface area contributed by atoms with Crippen LogP contribution >= 0.6 is 0 Å². The molecule has 0 bridgehead atoms. The van der Waals surface area contributed by atoms with Gasteiger partial charge < -0.3 is 24.3 Å². The Hall–Kier alpha value is -3.46. The number of hydrogen-bond acceptors (Lipinski definition) is 7. The molecule has 1 unspecified atom stereocenters. The Bertz CT molecular complexity index is 1330. The number of carbonyl (C=O) groups excluding carboxylic acids is 1. The second-order valence-corrected chi connectivity index (χ2v) is 10.2. The average Bonchev–Trinajstić information content (AvgIpc) is 2.82. The fraction of sp³-hybridized carbons (Fsp3) is 0.462. The van der Waals surface area contributed by atoms with Gasteiger partial charge in [-0.1, -0.05) is 0 Å². The molecule has 0 aliphatic carbocycles. The van der Waals surface area contributed by atoms with Crippen LogP contribution in [0.15, 0.2) is 35.1 Å². The maximum Gasteiger partial charge on any atom is 0.410 e. The van der Waals surface area contributed by atoms with Gasteiger partial charge in [-0.3, -0.25) is 4.79 Å². The van der Waals surface area contributed by atoms with Crippen LogP contribution in [0.2, 0.25) is 0 Å². The van der Waals surface area contributed by atoms with Crippen LogP contribution in [0.25, 0.3) is 22.3 Å². The van der Waals surface area contributed by atoms with Gasteiger partial charge in [0.05, 0.1) is 31.5 Å². The number of aromatic amines is 1. The fourth-order valence-corrected chi connectivity index (χ4v) is 4.59. The number of H-pyrrole nitrogens is 1. The minimum atomic E-state index is -0.561. The number of rotatable bonds is 2. The molecule has 0 spiro atoms. The van der Waals surface area contributed by atoms with E-state index >= 15 is 0 Å². The van der Waals surface area contributed by atoms with Crippen LogP contribution in [-0.2, 0) is 22.4 Å². The van der Waals surface area contributed by atoms with E-state index in [0.29, 0.717) is 38.5 Å². The number of amides is 1. The fourth-order valence-electron chi connectivity index (χ4n) is 4.59. The summed E-state index contributed by atoms with van der Waals surface area (Å²) in [5.41, 5.74) is 2.83. The molecule has 2 aliphatic rings. The monoisotopic (exact) mass is 477 g/mol. The summed E-state index contributed by atoms with van der Waals surface area (Å²) in [5, 5.41) is 0.903. The van der Waals surface area contributed by atoms with Crippen LogP contribution in [0.3, 0.4) is 0 Å². The van der Waals surface area contributed by atoms with Gasteiger partial charge in [-0.2, -0.15) is 0 Å². The summed E-state index contributed by atoms with van der Waals surface area (Å²) >= 11 is 0. The van der Waals surface area contributed by atoms with Gasteiger partial charge in [0, 0.05) is 35.8 Å². The number of nitrogens with zero attached hydrogens (tertiary/aromatic N) is 4. The van der Waals surface area contributed by atoms with Gasteiger partial charge in [0.2, 0.25) is 5.56 Å². The first kappa shape index (κ1) is 23.3. The third-order valence-electron chi connectivity index (χ3n) is 6.32. The third kappa shape index (κ3) is 4.86. The Kier molecular flexibility index (Phi) is 5.96. The van der Waals surface area contributed by atoms with Crippen molar-refractivity contribution in [1.29, 1.82) is 0 Å². The summed E-state index contributed by atoms with van der Waals surface area (Å²) < 4.78 is 11.3. The number of carbonyl (C=O) groups is 1. The van der Waals surface area contributed by atoms with E-state index < -0.39 is 5.60 Å². The maximum atomic E-state index is 12.8. The minimum absolute atomic E-state index is 0.138. The number of anilines is 1. The van der Waals surface area contributed by atoms with Crippen molar-refractivity contribution >= 4 is 22.8 Å². The quantitative estimate of drug-likeness (QED) is 0.603. The zero-order chi connectivity index (χ0) is 24.7. The molecule has 9 heteroatoms. The molecule has 3 aromatic rings. The summed E-state index contributed by atoms with van der Waals surface area (Å²) in [7, 11) is 0. The molecule has 1 atom stereocenters. The zero-order valence-electron chi connectivity index (χ0n) is 20.6. The second-order valence-electron chi connectivity index (χ2n) is 10.2. The molecule has 2 aromatic heterocycles. The van der Waals surface area contributed by atoms with Crippen molar-refractivity contribution in [2.45, 2.75) is 52.3 Å². The lowest BCUT2D eigenvalue weighted by molar-refractivity contribution is 0.0220. The highest BCUT2D eigenvalue weighted by molar-refractivity contribution is 5.83. The van der Waals surface area contributed by atoms with Gasteiger partial charge in [0.25, 0.3) is 0 Å². The van der Waals surface area contributed by atoms with Crippen molar-refractivity contribution in [2.24, 2.45) is 0 Å². The second kappa shape index (κ2) is 8.96. The van der Waals surface area contributed by atoms with E-state index in [0.717, 1.165) is 40.1 Å². The van der Waals surface area contributed by atoms with Crippen molar-refractivity contribution < 1.29 is 14.3 Å². The SMILES string of the molecule is CC1COCCN1c1nc(-c2ccc3[nH]c(=O)ccc3c2)nc2c1CCN(C(=O)OC(C)(C)C)C2. The molecular weight excluding hydrogens is 446 g/mol. The van der Waals surface area contributed by atoms with Crippen LogP contribution in [0.5, 0.6) is 0 Å². The molecule has 184 valence electrons. The Morgan fingerprint density at radius 1 is 1.17 bits per heavy atom. The Balaban J connectivity index is 1.57. The first-order valence-electron chi connectivity index (χ1n) is 12.0. The molecular formula is C26H31N5O4. The number of ether oxygens (including phenoxy) is 2. The summed E-state index contributed by atoms with van der Waals surface area (Å²) in [4.78, 5) is 41.3. The number of aromatic nitrogens is 3. The predicted octanol–water partition coefficient (Wildman–Crippen LogP) is 3.50. The van der Waals surface area contributed by atoms with Crippen molar-refractivity contribution in [3.8, 4) is 11.4 Å². The minimum Gasteiger partial charge on any atom is -0.444 e. The smallest absolute Gasteiger partial charge is 0.410 e. The van der Waals surface area contributed by atoms with E-state index in [9.17, 15) is 9.59 Å². The van der Waals surface area contributed by atoms with Crippen LogP contribution in [-0.4, -0.2) is 63.9 Å². The number of nitrogens with one attached hydrogen (secondary N) is 1.